The van der Waals surface area contributed by atoms with Gasteiger partial charge in [0.25, 0.3) is 0 Å². The summed E-state index contributed by atoms with van der Waals surface area (Å²) in [6.07, 6.45) is 2.66. The van der Waals surface area contributed by atoms with Gasteiger partial charge < -0.3 is 4.90 Å². The van der Waals surface area contributed by atoms with Gasteiger partial charge in [0.15, 0.2) is 5.78 Å². The van der Waals surface area contributed by atoms with Crippen molar-refractivity contribution in [2.45, 2.75) is 54.4 Å². The average molecular weight is 244 g/mol. The Morgan fingerprint density at radius 1 is 1.18 bits per heavy atom. The summed E-state index contributed by atoms with van der Waals surface area (Å²) in [5, 5.41) is 0. The molecule has 0 aromatic heterocycles. The SMILES string of the molecule is C=NCC(C)=O.CC.CCCCN(CC)CC. The van der Waals surface area contributed by atoms with E-state index in [0.717, 1.165) is 0 Å². The third-order valence-electron chi connectivity index (χ3n) is 2.06. The highest BCUT2D eigenvalue weighted by Crippen LogP contribution is 1.92. The zero-order valence-corrected chi connectivity index (χ0v) is 12.8. The van der Waals surface area contributed by atoms with E-state index in [2.05, 4.69) is 37.4 Å². The zero-order chi connectivity index (χ0) is 14.1. The molecule has 0 aliphatic carbocycles. The van der Waals surface area contributed by atoms with Crippen molar-refractivity contribution in [2.24, 2.45) is 4.99 Å². The fraction of sp³-hybridized carbons (Fsp3) is 0.857. The first-order chi connectivity index (χ1) is 8.12. The molecule has 0 aliphatic rings. The van der Waals surface area contributed by atoms with Gasteiger partial charge in [-0.15, -0.1) is 0 Å². The van der Waals surface area contributed by atoms with Gasteiger partial charge in [-0.3, -0.25) is 9.79 Å². The van der Waals surface area contributed by atoms with Gasteiger partial charge in [0.2, 0.25) is 0 Å². The number of ketones is 1. The first-order valence-electron chi connectivity index (χ1n) is 6.76. The molecule has 0 aromatic carbocycles. The Morgan fingerprint density at radius 2 is 1.65 bits per heavy atom. The van der Waals surface area contributed by atoms with E-state index in [1.54, 1.807) is 0 Å². The summed E-state index contributed by atoms with van der Waals surface area (Å²) >= 11 is 0. The maximum absolute atomic E-state index is 9.91. The average Bonchev–Trinajstić information content (AvgIpc) is 2.34. The summed E-state index contributed by atoms with van der Waals surface area (Å²) in [5.74, 6) is 0.0602. The maximum Gasteiger partial charge on any atom is 0.151 e. The van der Waals surface area contributed by atoms with E-state index in [0.29, 0.717) is 0 Å². The van der Waals surface area contributed by atoms with E-state index >= 15 is 0 Å². The van der Waals surface area contributed by atoms with E-state index in [4.69, 9.17) is 0 Å². The second-order valence-corrected chi connectivity index (χ2v) is 3.46. The minimum Gasteiger partial charge on any atom is -0.304 e. The van der Waals surface area contributed by atoms with Gasteiger partial charge in [-0.05, 0) is 39.7 Å². The number of carbonyl (C=O) groups excluding carboxylic acids is 1. The summed E-state index contributed by atoms with van der Waals surface area (Å²) in [6.45, 7) is 19.2. The maximum atomic E-state index is 9.91. The summed E-state index contributed by atoms with van der Waals surface area (Å²) in [6, 6.07) is 0. The largest absolute Gasteiger partial charge is 0.304 e. The summed E-state index contributed by atoms with van der Waals surface area (Å²) in [7, 11) is 0. The fourth-order valence-electron chi connectivity index (χ4n) is 1.08. The van der Waals surface area contributed by atoms with Crippen molar-refractivity contribution >= 4 is 12.5 Å². The summed E-state index contributed by atoms with van der Waals surface area (Å²) < 4.78 is 0. The molecule has 0 radical (unpaired) electrons. The molecule has 0 fully saturated rings. The topological polar surface area (TPSA) is 32.7 Å². The second kappa shape index (κ2) is 20.7. The molecule has 0 spiro atoms. The quantitative estimate of drug-likeness (QED) is 0.643. The van der Waals surface area contributed by atoms with Gasteiger partial charge in [0.1, 0.15) is 0 Å². The molecule has 0 heterocycles. The van der Waals surface area contributed by atoms with Crippen molar-refractivity contribution in [3.63, 3.8) is 0 Å². The monoisotopic (exact) mass is 244 g/mol. The molecule has 0 atom stereocenters. The van der Waals surface area contributed by atoms with Crippen LogP contribution in [0.5, 0.6) is 0 Å². The van der Waals surface area contributed by atoms with Gasteiger partial charge in [-0.25, -0.2) is 0 Å². The van der Waals surface area contributed by atoms with Gasteiger partial charge in [0.05, 0.1) is 6.54 Å². The fourth-order valence-corrected chi connectivity index (χ4v) is 1.08. The smallest absolute Gasteiger partial charge is 0.151 e. The van der Waals surface area contributed by atoms with Crippen LogP contribution in [0.4, 0.5) is 0 Å². The standard InChI is InChI=1S/C8H19N.C4H7NO.C2H6/c1-4-7-8-9(5-2)6-3;1-4(6)3-5-2;1-2/h4-8H2,1-3H3;2-3H2,1H3;1-2H3. The summed E-state index contributed by atoms with van der Waals surface area (Å²) in [5.41, 5.74) is 0. The molecular formula is C14H32N2O. The van der Waals surface area contributed by atoms with Crippen LogP contribution in [0.3, 0.4) is 0 Å². The van der Waals surface area contributed by atoms with Crippen molar-refractivity contribution in [2.75, 3.05) is 26.2 Å². The molecule has 0 aromatic rings. The molecular weight excluding hydrogens is 212 g/mol. The molecule has 0 amide bonds. The molecule has 3 nitrogen and oxygen atoms in total. The normalized spacial score (nSPS) is 8.65. The third-order valence-corrected chi connectivity index (χ3v) is 2.06. The molecule has 0 aliphatic heterocycles. The Labute approximate surface area is 108 Å². The Kier molecular flexibility index (Phi) is 26.2. The minimum absolute atomic E-state index is 0.0602. The molecule has 104 valence electrons. The van der Waals surface area contributed by atoms with Crippen LogP contribution < -0.4 is 0 Å². The molecule has 0 bridgehead atoms. The van der Waals surface area contributed by atoms with E-state index < -0.39 is 0 Å². The van der Waals surface area contributed by atoms with Crippen molar-refractivity contribution in [3.05, 3.63) is 0 Å². The number of nitrogens with zero attached hydrogens (tertiary/aromatic N) is 2. The molecule has 3 heteroatoms. The Balaban J connectivity index is -0.000000213. The highest BCUT2D eigenvalue weighted by atomic mass is 16.1. The molecule has 0 unspecified atom stereocenters. The lowest BCUT2D eigenvalue weighted by atomic mass is 10.3. The second-order valence-electron chi connectivity index (χ2n) is 3.46. The number of Topliss-reactive ketones (excluding diaryl/α,β-unsaturated/α-hetero) is 1. The lowest BCUT2D eigenvalue weighted by molar-refractivity contribution is -0.115. The first kappa shape index (κ1) is 21.6. The number of hydrogen-bond acceptors (Lipinski definition) is 3. The van der Waals surface area contributed by atoms with Gasteiger partial charge in [-0.2, -0.15) is 0 Å². The minimum atomic E-state index is 0.0602. The van der Waals surface area contributed by atoms with Gasteiger partial charge in [0, 0.05) is 0 Å². The predicted octanol–water partition coefficient (Wildman–Crippen LogP) is 3.43. The Bertz CT molecular complexity index is 154. The van der Waals surface area contributed by atoms with Crippen molar-refractivity contribution in [1.82, 2.24) is 4.90 Å². The Hall–Kier alpha value is -0.700. The van der Waals surface area contributed by atoms with Crippen molar-refractivity contribution in [3.8, 4) is 0 Å². The predicted molar refractivity (Wildman–Crippen MR) is 79.1 cm³/mol. The first-order valence-corrected chi connectivity index (χ1v) is 6.76. The van der Waals surface area contributed by atoms with Crippen LogP contribution in [0, 0.1) is 0 Å². The van der Waals surface area contributed by atoms with Crippen molar-refractivity contribution in [1.29, 1.82) is 0 Å². The van der Waals surface area contributed by atoms with Crippen LogP contribution in [0.15, 0.2) is 4.99 Å². The van der Waals surface area contributed by atoms with Crippen LogP contribution in [0.1, 0.15) is 54.4 Å². The third kappa shape index (κ3) is 25.5. The van der Waals surface area contributed by atoms with Crippen LogP contribution in [-0.2, 0) is 4.79 Å². The van der Waals surface area contributed by atoms with E-state index in [1.807, 2.05) is 13.8 Å². The molecule has 17 heavy (non-hydrogen) atoms. The van der Waals surface area contributed by atoms with Crippen LogP contribution in [0.2, 0.25) is 0 Å². The van der Waals surface area contributed by atoms with Crippen LogP contribution in [-0.4, -0.2) is 43.6 Å². The van der Waals surface area contributed by atoms with Gasteiger partial charge >= 0.3 is 0 Å². The highest BCUT2D eigenvalue weighted by molar-refractivity contribution is 5.78. The number of carbonyl (C=O) groups is 1. The number of rotatable bonds is 7. The lowest BCUT2D eigenvalue weighted by Crippen LogP contribution is -2.23. The molecule has 0 saturated carbocycles. The van der Waals surface area contributed by atoms with E-state index in [1.165, 1.54) is 39.4 Å². The molecule has 0 rings (SSSR count). The zero-order valence-electron chi connectivity index (χ0n) is 12.8. The van der Waals surface area contributed by atoms with E-state index in [-0.39, 0.29) is 12.3 Å². The number of aliphatic imine (C=N–C) groups is 1. The van der Waals surface area contributed by atoms with Gasteiger partial charge in [-0.1, -0.05) is 41.0 Å². The summed E-state index contributed by atoms with van der Waals surface area (Å²) in [4.78, 5) is 15.7. The van der Waals surface area contributed by atoms with Crippen molar-refractivity contribution < 1.29 is 4.79 Å². The Morgan fingerprint density at radius 3 is 1.82 bits per heavy atom. The highest BCUT2D eigenvalue weighted by Gasteiger charge is 1.94. The lowest BCUT2D eigenvalue weighted by Gasteiger charge is -2.16. The number of unbranched alkanes of at least 4 members (excludes halogenated alkanes) is 1. The number of hydrogen-bond donors (Lipinski definition) is 0. The molecule has 0 saturated heterocycles. The molecule has 0 N–H and O–H groups in total. The van der Waals surface area contributed by atoms with E-state index in [9.17, 15) is 4.79 Å². The van der Waals surface area contributed by atoms with Crippen LogP contribution >= 0.6 is 0 Å². The van der Waals surface area contributed by atoms with Crippen LogP contribution in [0.25, 0.3) is 0 Å².